The number of aromatic nitrogens is 1. The normalized spacial score (nSPS) is 15.0. The molecule has 1 aliphatic rings. The molecule has 0 aliphatic carbocycles. The number of carbonyl (C=O) groups excluding carboxylic acids is 2. The van der Waals surface area contributed by atoms with Crippen molar-refractivity contribution in [3.05, 3.63) is 46.9 Å². The van der Waals surface area contributed by atoms with Crippen LogP contribution >= 0.6 is 11.3 Å². The third kappa shape index (κ3) is 5.03. The molecule has 0 spiro atoms. The van der Waals surface area contributed by atoms with E-state index < -0.39 is 11.8 Å². The highest BCUT2D eigenvalue weighted by atomic mass is 32.1. The topological polar surface area (TPSA) is 74.3 Å². The van der Waals surface area contributed by atoms with Crippen LogP contribution in [0.25, 0.3) is 0 Å². The molecule has 0 bridgehead atoms. The Morgan fingerprint density at radius 3 is 2.64 bits per heavy atom. The lowest BCUT2D eigenvalue weighted by Crippen LogP contribution is -2.43. The molecule has 1 aliphatic heterocycles. The first-order chi connectivity index (χ1) is 12.2. The molecule has 0 saturated carbocycles. The summed E-state index contributed by atoms with van der Waals surface area (Å²) in [5, 5.41) is 7.35. The van der Waals surface area contributed by atoms with E-state index in [2.05, 4.69) is 26.6 Å². The summed E-state index contributed by atoms with van der Waals surface area (Å²) >= 11 is 1.56. The van der Waals surface area contributed by atoms with E-state index in [1.807, 2.05) is 29.8 Å². The smallest absolute Gasteiger partial charge is 0.309 e. The minimum atomic E-state index is -0.568. The highest BCUT2D eigenvalue weighted by molar-refractivity contribution is 7.09. The molecule has 132 valence electrons. The Balaban J connectivity index is 1.36. The average Bonchev–Trinajstić information content (AvgIpc) is 3.19. The largest absolute Gasteiger partial charge is 0.370 e. The summed E-state index contributed by atoms with van der Waals surface area (Å²) in [6.07, 6.45) is 5.63. The quantitative estimate of drug-likeness (QED) is 0.799. The van der Waals surface area contributed by atoms with Crippen molar-refractivity contribution >= 4 is 28.8 Å². The summed E-state index contributed by atoms with van der Waals surface area (Å²) in [6, 6.07) is 7.85. The standard InChI is InChI=1S/C18H22N4O2S/c23-17(18(24)21-13-16-4-2-10-25-16)20-11-14-5-8-22(9-6-14)15-3-1-7-19-12-15/h1-4,7,10,12,14H,5-6,8-9,11,13H2,(H,20,23)(H,21,24). The van der Waals surface area contributed by atoms with Gasteiger partial charge in [-0.2, -0.15) is 0 Å². The zero-order valence-electron chi connectivity index (χ0n) is 14.0. The minimum Gasteiger partial charge on any atom is -0.370 e. The Bertz CT molecular complexity index is 682. The Morgan fingerprint density at radius 1 is 1.16 bits per heavy atom. The highest BCUT2D eigenvalue weighted by Crippen LogP contribution is 2.21. The van der Waals surface area contributed by atoms with Crippen LogP contribution in [0.2, 0.25) is 0 Å². The second-order valence-electron chi connectivity index (χ2n) is 6.11. The van der Waals surface area contributed by atoms with Crippen LogP contribution in [0.1, 0.15) is 17.7 Å². The number of hydrogen-bond donors (Lipinski definition) is 2. The van der Waals surface area contributed by atoms with Gasteiger partial charge >= 0.3 is 11.8 Å². The van der Waals surface area contributed by atoms with Crippen molar-refractivity contribution in [2.24, 2.45) is 5.92 Å². The van der Waals surface area contributed by atoms with E-state index in [1.165, 1.54) is 0 Å². The summed E-state index contributed by atoms with van der Waals surface area (Å²) in [7, 11) is 0. The lowest BCUT2D eigenvalue weighted by atomic mass is 9.96. The fourth-order valence-electron chi connectivity index (χ4n) is 2.91. The molecule has 3 heterocycles. The fourth-order valence-corrected chi connectivity index (χ4v) is 3.56. The van der Waals surface area contributed by atoms with Gasteiger partial charge in [-0.05, 0) is 42.3 Å². The highest BCUT2D eigenvalue weighted by Gasteiger charge is 2.21. The summed E-state index contributed by atoms with van der Waals surface area (Å²) in [5.41, 5.74) is 1.14. The molecule has 0 atom stereocenters. The Kier molecular flexibility index (Phi) is 6.00. The van der Waals surface area contributed by atoms with E-state index in [0.29, 0.717) is 19.0 Å². The van der Waals surface area contributed by atoms with Crippen molar-refractivity contribution in [1.29, 1.82) is 0 Å². The van der Waals surface area contributed by atoms with Crippen LogP contribution in [0.5, 0.6) is 0 Å². The van der Waals surface area contributed by atoms with Crippen LogP contribution in [0.15, 0.2) is 42.0 Å². The van der Waals surface area contributed by atoms with Gasteiger partial charge in [0.25, 0.3) is 0 Å². The Labute approximate surface area is 151 Å². The van der Waals surface area contributed by atoms with Gasteiger partial charge in [-0.25, -0.2) is 0 Å². The van der Waals surface area contributed by atoms with Gasteiger partial charge in [0, 0.05) is 30.7 Å². The second-order valence-corrected chi connectivity index (χ2v) is 7.15. The number of hydrogen-bond acceptors (Lipinski definition) is 5. The van der Waals surface area contributed by atoms with E-state index in [0.717, 1.165) is 36.5 Å². The molecule has 2 aromatic heterocycles. The molecule has 2 N–H and O–H groups in total. The number of carbonyl (C=O) groups is 2. The van der Waals surface area contributed by atoms with Gasteiger partial charge in [0.1, 0.15) is 0 Å². The van der Waals surface area contributed by atoms with E-state index in [1.54, 1.807) is 17.5 Å². The van der Waals surface area contributed by atoms with Crippen LogP contribution in [-0.2, 0) is 16.1 Å². The van der Waals surface area contributed by atoms with Crippen LogP contribution in [0.3, 0.4) is 0 Å². The van der Waals surface area contributed by atoms with Crippen LogP contribution in [0, 0.1) is 5.92 Å². The lowest BCUT2D eigenvalue weighted by molar-refractivity contribution is -0.139. The number of amides is 2. The maximum Gasteiger partial charge on any atom is 0.309 e. The first-order valence-electron chi connectivity index (χ1n) is 8.46. The number of nitrogens with one attached hydrogen (secondary N) is 2. The Morgan fingerprint density at radius 2 is 1.96 bits per heavy atom. The monoisotopic (exact) mass is 358 g/mol. The first kappa shape index (κ1) is 17.4. The molecule has 3 rings (SSSR count). The van der Waals surface area contributed by atoms with Crippen LogP contribution < -0.4 is 15.5 Å². The van der Waals surface area contributed by atoms with E-state index in [9.17, 15) is 9.59 Å². The third-order valence-corrected chi connectivity index (χ3v) is 5.26. The number of anilines is 1. The minimum absolute atomic E-state index is 0.396. The number of pyridine rings is 1. The molecule has 2 aromatic rings. The first-order valence-corrected chi connectivity index (χ1v) is 9.33. The van der Waals surface area contributed by atoms with Gasteiger partial charge in [-0.15, -0.1) is 11.3 Å². The number of piperidine rings is 1. The van der Waals surface area contributed by atoms with E-state index >= 15 is 0 Å². The maximum absolute atomic E-state index is 11.9. The van der Waals surface area contributed by atoms with Crippen molar-refractivity contribution in [1.82, 2.24) is 15.6 Å². The molecule has 0 unspecified atom stereocenters. The van der Waals surface area contributed by atoms with Crippen molar-refractivity contribution in [2.75, 3.05) is 24.5 Å². The molecule has 7 heteroatoms. The van der Waals surface area contributed by atoms with Gasteiger partial charge in [-0.3, -0.25) is 14.6 Å². The molecule has 2 amide bonds. The van der Waals surface area contributed by atoms with Crippen molar-refractivity contribution in [2.45, 2.75) is 19.4 Å². The molecular weight excluding hydrogens is 336 g/mol. The van der Waals surface area contributed by atoms with Crippen molar-refractivity contribution in [3.63, 3.8) is 0 Å². The van der Waals surface area contributed by atoms with Gasteiger partial charge in [0.05, 0.1) is 18.4 Å². The van der Waals surface area contributed by atoms with Crippen molar-refractivity contribution < 1.29 is 9.59 Å². The summed E-state index contributed by atoms with van der Waals surface area (Å²) < 4.78 is 0. The molecule has 1 saturated heterocycles. The van der Waals surface area contributed by atoms with Crippen LogP contribution in [-0.4, -0.2) is 36.4 Å². The SMILES string of the molecule is O=C(NCc1cccs1)C(=O)NCC1CCN(c2cccnc2)CC1. The average molecular weight is 358 g/mol. The zero-order chi connectivity index (χ0) is 17.5. The summed E-state index contributed by atoms with van der Waals surface area (Å²) in [5.74, 6) is -0.714. The lowest BCUT2D eigenvalue weighted by Gasteiger charge is -2.33. The fraction of sp³-hybridized carbons (Fsp3) is 0.389. The molecule has 25 heavy (non-hydrogen) atoms. The van der Waals surface area contributed by atoms with Crippen molar-refractivity contribution in [3.8, 4) is 0 Å². The predicted molar refractivity (Wildman–Crippen MR) is 98.3 cm³/mol. The van der Waals surface area contributed by atoms with E-state index in [4.69, 9.17) is 0 Å². The maximum atomic E-state index is 11.9. The molecular formula is C18H22N4O2S. The molecule has 6 nitrogen and oxygen atoms in total. The number of thiophene rings is 1. The predicted octanol–water partition coefficient (Wildman–Crippen LogP) is 1.79. The number of rotatable bonds is 5. The van der Waals surface area contributed by atoms with Gasteiger partial charge < -0.3 is 15.5 Å². The van der Waals surface area contributed by atoms with E-state index in [-0.39, 0.29) is 0 Å². The summed E-state index contributed by atoms with van der Waals surface area (Å²) in [6.45, 7) is 2.83. The number of nitrogens with zero attached hydrogens (tertiary/aromatic N) is 2. The molecule has 0 aromatic carbocycles. The molecule has 1 fully saturated rings. The zero-order valence-corrected chi connectivity index (χ0v) is 14.8. The third-order valence-electron chi connectivity index (χ3n) is 4.39. The second kappa shape index (κ2) is 8.62. The van der Waals surface area contributed by atoms with Crippen LogP contribution in [0.4, 0.5) is 5.69 Å². The Hall–Kier alpha value is -2.41. The van der Waals surface area contributed by atoms with Gasteiger partial charge in [-0.1, -0.05) is 6.07 Å². The summed E-state index contributed by atoms with van der Waals surface area (Å²) in [4.78, 5) is 31.2. The van der Waals surface area contributed by atoms with Gasteiger partial charge in [0.15, 0.2) is 0 Å². The van der Waals surface area contributed by atoms with Gasteiger partial charge in [0.2, 0.25) is 0 Å². The molecule has 0 radical (unpaired) electrons.